The standard InChI is InChI=1S/C17H24N6O2/c1-4-23-9-6-13(21-23)16(25)22-8-5-7-17(2,11-22)14-12(10-19-20-14)15(24)18-3/h6,9-10H,4-5,7-8,11H2,1-3H3,(H,18,24)(H,19,20). The average Bonchev–Trinajstić information content (AvgIpc) is 3.29. The second-order valence-corrected chi connectivity index (χ2v) is 6.69. The van der Waals surface area contributed by atoms with Gasteiger partial charge in [0, 0.05) is 38.3 Å². The summed E-state index contributed by atoms with van der Waals surface area (Å²) in [4.78, 5) is 26.7. The van der Waals surface area contributed by atoms with Gasteiger partial charge in [-0.1, -0.05) is 6.92 Å². The Balaban J connectivity index is 1.84. The van der Waals surface area contributed by atoms with Gasteiger partial charge in [-0.3, -0.25) is 19.4 Å². The number of hydrogen-bond donors (Lipinski definition) is 2. The van der Waals surface area contributed by atoms with E-state index in [4.69, 9.17) is 0 Å². The van der Waals surface area contributed by atoms with E-state index in [1.165, 1.54) is 0 Å². The predicted molar refractivity (Wildman–Crippen MR) is 92.4 cm³/mol. The first kappa shape index (κ1) is 17.2. The fraction of sp³-hybridized carbons (Fsp3) is 0.529. The van der Waals surface area contributed by atoms with Crippen LogP contribution in [0, 0.1) is 0 Å². The maximum atomic E-state index is 12.8. The summed E-state index contributed by atoms with van der Waals surface area (Å²) in [5, 5.41) is 14.0. The fourth-order valence-corrected chi connectivity index (χ4v) is 3.48. The summed E-state index contributed by atoms with van der Waals surface area (Å²) in [6.07, 6.45) is 5.10. The van der Waals surface area contributed by atoms with Gasteiger partial charge in [0.1, 0.15) is 5.69 Å². The van der Waals surface area contributed by atoms with Gasteiger partial charge in [0.2, 0.25) is 0 Å². The molecule has 0 radical (unpaired) electrons. The van der Waals surface area contributed by atoms with Gasteiger partial charge < -0.3 is 10.2 Å². The Bertz CT molecular complexity index is 780. The van der Waals surface area contributed by atoms with Crippen molar-refractivity contribution >= 4 is 11.8 Å². The summed E-state index contributed by atoms with van der Waals surface area (Å²) in [5.74, 6) is -0.241. The van der Waals surface area contributed by atoms with Gasteiger partial charge in [-0.15, -0.1) is 0 Å². The number of nitrogens with one attached hydrogen (secondary N) is 2. The van der Waals surface area contributed by atoms with Crippen molar-refractivity contribution in [3.8, 4) is 0 Å². The van der Waals surface area contributed by atoms with Crippen molar-refractivity contribution in [3.63, 3.8) is 0 Å². The van der Waals surface area contributed by atoms with Crippen LogP contribution in [0.5, 0.6) is 0 Å². The van der Waals surface area contributed by atoms with E-state index in [0.29, 0.717) is 24.3 Å². The molecule has 0 bridgehead atoms. The van der Waals surface area contributed by atoms with Crippen LogP contribution in [0.4, 0.5) is 0 Å². The van der Waals surface area contributed by atoms with Gasteiger partial charge in [0.05, 0.1) is 17.5 Å². The van der Waals surface area contributed by atoms with Gasteiger partial charge in [-0.05, 0) is 25.8 Å². The molecule has 0 aromatic carbocycles. The normalized spacial score (nSPS) is 20.5. The van der Waals surface area contributed by atoms with Gasteiger partial charge in [0.15, 0.2) is 0 Å². The minimum absolute atomic E-state index is 0.0702. The maximum absolute atomic E-state index is 12.8. The zero-order valence-electron chi connectivity index (χ0n) is 14.9. The van der Waals surface area contributed by atoms with Crippen molar-refractivity contribution < 1.29 is 9.59 Å². The van der Waals surface area contributed by atoms with E-state index >= 15 is 0 Å². The van der Waals surface area contributed by atoms with Crippen LogP contribution in [0.3, 0.4) is 0 Å². The third kappa shape index (κ3) is 3.16. The summed E-state index contributed by atoms with van der Waals surface area (Å²) in [6, 6.07) is 1.75. The molecule has 1 saturated heterocycles. The zero-order valence-corrected chi connectivity index (χ0v) is 14.9. The number of likely N-dealkylation sites (tertiary alicyclic amines) is 1. The highest BCUT2D eigenvalue weighted by Gasteiger charge is 2.39. The van der Waals surface area contributed by atoms with Gasteiger partial charge in [-0.25, -0.2) is 0 Å². The lowest BCUT2D eigenvalue weighted by Gasteiger charge is -2.40. The Morgan fingerprint density at radius 3 is 2.92 bits per heavy atom. The SMILES string of the molecule is CCn1ccc(C(=O)N2CCCC(C)(c3[nH]ncc3C(=O)NC)C2)n1. The number of aromatic nitrogens is 4. The number of rotatable bonds is 4. The van der Waals surface area contributed by atoms with Crippen molar-refractivity contribution in [2.45, 2.75) is 38.6 Å². The Hall–Kier alpha value is -2.64. The molecule has 0 spiro atoms. The van der Waals surface area contributed by atoms with Crippen molar-refractivity contribution in [1.29, 1.82) is 0 Å². The Morgan fingerprint density at radius 1 is 1.44 bits per heavy atom. The first-order valence-corrected chi connectivity index (χ1v) is 8.57. The van der Waals surface area contributed by atoms with Crippen LogP contribution in [0.1, 0.15) is 53.2 Å². The van der Waals surface area contributed by atoms with E-state index in [1.807, 2.05) is 18.0 Å². The number of aryl methyl sites for hydroxylation is 1. The van der Waals surface area contributed by atoms with E-state index in [-0.39, 0.29) is 17.2 Å². The molecular weight excluding hydrogens is 320 g/mol. The monoisotopic (exact) mass is 344 g/mol. The van der Waals surface area contributed by atoms with Crippen molar-refractivity contribution in [1.82, 2.24) is 30.2 Å². The first-order valence-electron chi connectivity index (χ1n) is 8.57. The highest BCUT2D eigenvalue weighted by atomic mass is 16.2. The van der Waals surface area contributed by atoms with Crippen LogP contribution in [0.25, 0.3) is 0 Å². The molecule has 1 fully saturated rings. The molecule has 1 unspecified atom stereocenters. The topological polar surface area (TPSA) is 95.9 Å². The summed E-state index contributed by atoms with van der Waals surface area (Å²) >= 11 is 0. The Morgan fingerprint density at radius 2 is 2.24 bits per heavy atom. The first-order chi connectivity index (χ1) is 12.0. The summed E-state index contributed by atoms with van der Waals surface area (Å²) in [5.41, 5.74) is 1.43. The van der Waals surface area contributed by atoms with Gasteiger partial charge in [0.25, 0.3) is 11.8 Å². The second kappa shape index (κ2) is 6.70. The van der Waals surface area contributed by atoms with Crippen molar-refractivity contribution in [2.75, 3.05) is 20.1 Å². The lowest BCUT2D eigenvalue weighted by atomic mass is 9.77. The lowest BCUT2D eigenvalue weighted by Crippen LogP contribution is -2.48. The van der Waals surface area contributed by atoms with E-state index < -0.39 is 0 Å². The van der Waals surface area contributed by atoms with Gasteiger partial charge >= 0.3 is 0 Å². The number of piperidine rings is 1. The van der Waals surface area contributed by atoms with Crippen LogP contribution >= 0.6 is 0 Å². The number of carbonyl (C=O) groups is 2. The number of nitrogens with zero attached hydrogens (tertiary/aromatic N) is 4. The molecule has 134 valence electrons. The van der Waals surface area contributed by atoms with E-state index in [0.717, 1.165) is 25.1 Å². The average molecular weight is 344 g/mol. The van der Waals surface area contributed by atoms with Crippen molar-refractivity contribution in [2.24, 2.45) is 0 Å². The molecule has 2 aromatic rings. The Kier molecular flexibility index (Phi) is 4.61. The molecule has 8 nitrogen and oxygen atoms in total. The van der Waals surface area contributed by atoms with Crippen LogP contribution < -0.4 is 5.32 Å². The maximum Gasteiger partial charge on any atom is 0.274 e. The van der Waals surface area contributed by atoms with E-state index in [1.54, 1.807) is 24.0 Å². The molecule has 1 aliphatic heterocycles. The molecule has 1 atom stereocenters. The van der Waals surface area contributed by atoms with Gasteiger partial charge in [-0.2, -0.15) is 10.2 Å². The second-order valence-electron chi connectivity index (χ2n) is 6.69. The summed E-state index contributed by atoms with van der Waals surface area (Å²) < 4.78 is 1.75. The number of amides is 2. The smallest absolute Gasteiger partial charge is 0.274 e. The molecule has 3 rings (SSSR count). The molecule has 2 amide bonds. The highest BCUT2D eigenvalue weighted by molar-refractivity contribution is 5.95. The summed E-state index contributed by atoms with van der Waals surface area (Å²) in [6.45, 7) is 6.00. The predicted octanol–water partition coefficient (Wildman–Crippen LogP) is 1.18. The van der Waals surface area contributed by atoms with Crippen LogP contribution in [0.15, 0.2) is 18.5 Å². The number of hydrogen-bond acceptors (Lipinski definition) is 4. The third-order valence-electron chi connectivity index (χ3n) is 4.88. The number of aromatic amines is 1. The molecule has 25 heavy (non-hydrogen) atoms. The van der Waals surface area contributed by atoms with E-state index in [9.17, 15) is 9.59 Å². The third-order valence-corrected chi connectivity index (χ3v) is 4.88. The van der Waals surface area contributed by atoms with Crippen LogP contribution in [-0.2, 0) is 12.0 Å². The number of carbonyl (C=O) groups excluding carboxylic acids is 2. The Labute approximate surface area is 146 Å². The zero-order chi connectivity index (χ0) is 18.0. The van der Waals surface area contributed by atoms with Crippen LogP contribution in [0.2, 0.25) is 0 Å². The fourth-order valence-electron chi connectivity index (χ4n) is 3.48. The largest absolute Gasteiger partial charge is 0.355 e. The van der Waals surface area contributed by atoms with Crippen LogP contribution in [-0.4, -0.2) is 56.8 Å². The molecule has 3 heterocycles. The number of H-pyrrole nitrogens is 1. The minimum atomic E-state index is -0.348. The molecule has 0 saturated carbocycles. The summed E-state index contributed by atoms with van der Waals surface area (Å²) in [7, 11) is 1.60. The molecule has 1 aliphatic rings. The minimum Gasteiger partial charge on any atom is -0.355 e. The molecule has 8 heteroatoms. The molecular formula is C17H24N6O2. The quantitative estimate of drug-likeness (QED) is 0.870. The van der Waals surface area contributed by atoms with E-state index in [2.05, 4.69) is 27.5 Å². The lowest BCUT2D eigenvalue weighted by molar-refractivity contribution is 0.0640. The van der Waals surface area contributed by atoms with Crippen molar-refractivity contribution in [3.05, 3.63) is 35.4 Å². The molecule has 2 N–H and O–H groups in total. The highest BCUT2D eigenvalue weighted by Crippen LogP contribution is 2.34. The molecule has 0 aliphatic carbocycles. The molecule has 2 aromatic heterocycles.